The van der Waals surface area contributed by atoms with Gasteiger partial charge in [-0.25, -0.2) is 8.78 Å². The van der Waals surface area contributed by atoms with Crippen molar-refractivity contribution in [3.8, 4) is 0 Å². The number of alkyl halides is 2. The van der Waals surface area contributed by atoms with Crippen LogP contribution in [0, 0.1) is 3.57 Å². The molecule has 3 nitrogen and oxygen atoms in total. The molecule has 0 aliphatic heterocycles. The van der Waals surface area contributed by atoms with E-state index >= 15 is 0 Å². The van der Waals surface area contributed by atoms with Gasteiger partial charge in [-0.3, -0.25) is 9.78 Å². The molecule has 0 aromatic carbocycles. The molecule has 17 heavy (non-hydrogen) atoms. The minimum Gasteiger partial charge on any atom is -0.466 e. The average molecular weight is 376 g/mol. The molecular formula is C10H9ClF2INO2. The number of hydrogen-bond donors (Lipinski definition) is 0. The molecule has 0 bridgehead atoms. The molecule has 1 aromatic heterocycles. The lowest BCUT2D eigenvalue weighted by molar-refractivity contribution is -0.142. The topological polar surface area (TPSA) is 39.2 Å². The number of halogens is 4. The third-order valence-corrected chi connectivity index (χ3v) is 3.46. The lowest BCUT2D eigenvalue weighted by Gasteiger charge is -2.10. The van der Waals surface area contributed by atoms with Crippen LogP contribution in [0.4, 0.5) is 8.78 Å². The fourth-order valence-corrected chi connectivity index (χ4v) is 2.42. The summed E-state index contributed by atoms with van der Waals surface area (Å²) in [5.41, 5.74) is -0.0367. The zero-order valence-electron chi connectivity index (χ0n) is 8.84. The number of hydrogen-bond acceptors (Lipinski definition) is 3. The molecule has 0 aliphatic carbocycles. The highest BCUT2D eigenvalue weighted by Gasteiger charge is 2.20. The Labute approximate surface area is 116 Å². The molecule has 0 saturated heterocycles. The first-order valence-electron chi connectivity index (χ1n) is 4.73. The lowest BCUT2D eigenvalue weighted by atomic mass is 10.1. The van der Waals surface area contributed by atoms with E-state index in [4.69, 9.17) is 16.3 Å². The third kappa shape index (κ3) is 3.74. The molecule has 0 aliphatic rings. The number of nitrogens with zero attached hydrogens (tertiary/aromatic N) is 1. The smallest absolute Gasteiger partial charge is 0.310 e. The Morgan fingerprint density at radius 1 is 1.65 bits per heavy atom. The van der Waals surface area contributed by atoms with Gasteiger partial charge in [0.05, 0.1) is 18.1 Å². The molecule has 0 radical (unpaired) electrons. The van der Waals surface area contributed by atoms with E-state index in [1.165, 1.54) is 0 Å². The molecule has 1 aromatic rings. The quantitative estimate of drug-likeness (QED) is 0.598. The number of carbonyl (C=O) groups excluding carboxylic acids is 1. The second kappa shape index (κ2) is 6.44. The van der Waals surface area contributed by atoms with Gasteiger partial charge in [-0.05, 0) is 35.1 Å². The predicted molar refractivity (Wildman–Crippen MR) is 67.3 cm³/mol. The minimum atomic E-state index is -2.69. The van der Waals surface area contributed by atoms with Crippen molar-refractivity contribution < 1.29 is 18.3 Å². The van der Waals surface area contributed by atoms with Crippen LogP contribution in [0.25, 0.3) is 0 Å². The Balaban J connectivity index is 3.05. The summed E-state index contributed by atoms with van der Waals surface area (Å²) < 4.78 is 30.2. The molecule has 0 atom stereocenters. The summed E-state index contributed by atoms with van der Waals surface area (Å²) >= 11 is 7.54. The van der Waals surface area contributed by atoms with Gasteiger partial charge >= 0.3 is 5.97 Å². The van der Waals surface area contributed by atoms with Crippen LogP contribution in [0.15, 0.2) is 6.20 Å². The van der Waals surface area contributed by atoms with E-state index in [9.17, 15) is 13.6 Å². The molecule has 0 amide bonds. The molecule has 0 saturated carbocycles. The first-order valence-corrected chi connectivity index (χ1v) is 6.19. The zero-order chi connectivity index (χ0) is 13.0. The average Bonchev–Trinajstić information content (AvgIpc) is 2.24. The van der Waals surface area contributed by atoms with Crippen LogP contribution in [0.3, 0.4) is 0 Å². The summed E-state index contributed by atoms with van der Waals surface area (Å²) in [5.74, 6) is -0.501. The van der Waals surface area contributed by atoms with Gasteiger partial charge in [0.25, 0.3) is 6.43 Å². The van der Waals surface area contributed by atoms with Crippen LogP contribution < -0.4 is 0 Å². The van der Waals surface area contributed by atoms with Crippen molar-refractivity contribution in [3.05, 3.63) is 26.0 Å². The van der Waals surface area contributed by atoms with Gasteiger partial charge < -0.3 is 4.74 Å². The maximum Gasteiger partial charge on any atom is 0.310 e. The fraction of sp³-hybridized carbons (Fsp3) is 0.400. The Morgan fingerprint density at radius 3 is 2.82 bits per heavy atom. The predicted octanol–water partition coefficient (Wildman–Crippen LogP) is 3.38. The molecule has 0 N–H and O–H groups in total. The molecule has 0 spiro atoms. The second-order valence-corrected chi connectivity index (χ2v) is 4.55. The number of rotatable bonds is 4. The van der Waals surface area contributed by atoms with Gasteiger partial charge in [0.1, 0.15) is 5.69 Å². The maximum atomic E-state index is 12.6. The van der Waals surface area contributed by atoms with Gasteiger partial charge in [-0.2, -0.15) is 0 Å². The van der Waals surface area contributed by atoms with Crippen molar-refractivity contribution in [3.63, 3.8) is 0 Å². The third-order valence-electron chi connectivity index (χ3n) is 1.93. The van der Waals surface area contributed by atoms with Crippen LogP contribution in [0.5, 0.6) is 0 Å². The number of carbonyl (C=O) groups is 1. The van der Waals surface area contributed by atoms with Crippen LogP contribution in [0.1, 0.15) is 24.6 Å². The SMILES string of the molecule is CCOC(=O)Cc1c(Cl)cnc(C(F)F)c1I. The number of ether oxygens (including phenoxy) is 1. The van der Waals surface area contributed by atoms with Crippen LogP contribution in [-0.4, -0.2) is 17.6 Å². The zero-order valence-corrected chi connectivity index (χ0v) is 11.8. The molecule has 1 rings (SSSR count). The van der Waals surface area contributed by atoms with Crippen LogP contribution in [0.2, 0.25) is 5.02 Å². The van der Waals surface area contributed by atoms with E-state index in [0.717, 1.165) is 6.20 Å². The Morgan fingerprint density at radius 2 is 2.29 bits per heavy atom. The summed E-state index contributed by atoms with van der Waals surface area (Å²) in [7, 11) is 0. The minimum absolute atomic E-state index is 0.132. The normalized spacial score (nSPS) is 10.7. The van der Waals surface area contributed by atoms with E-state index in [-0.39, 0.29) is 27.3 Å². The van der Waals surface area contributed by atoms with Crippen molar-refractivity contribution in [2.24, 2.45) is 0 Å². The van der Waals surface area contributed by atoms with E-state index in [1.54, 1.807) is 29.5 Å². The fourth-order valence-electron chi connectivity index (χ4n) is 1.19. The Kier molecular flexibility index (Phi) is 5.51. The molecule has 0 fully saturated rings. The summed E-state index contributed by atoms with van der Waals surface area (Å²) in [6.07, 6.45) is -1.70. The van der Waals surface area contributed by atoms with E-state index in [1.807, 2.05) is 0 Å². The second-order valence-electron chi connectivity index (χ2n) is 3.07. The van der Waals surface area contributed by atoms with Crippen LogP contribution in [-0.2, 0) is 16.0 Å². The van der Waals surface area contributed by atoms with Crippen molar-refractivity contribution in [1.82, 2.24) is 4.98 Å². The van der Waals surface area contributed by atoms with Crippen molar-refractivity contribution in [2.45, 2.75) is 19.8 Å². The van der Waals surface area contributed by atoms with E-state index in [0.29, 0.717) is 5.56 Å². The van der Waals surface area contributed by atoms with Crippen LogP contribution >= 0.6 is 34.2 Å². The largest absolute Gasteiger partial charge is 0.466 e. The van der Waals surface area contributed by atoms with Gasteiger partial charge in [0.2, 0.25) is 0 Å². The highest BCUT2D eigenvalue weighted by molar-refractivity contribution is 14.1. The standard InChI is InChI=1S/C10H9ClF2INO2/c1-2-17-7(16)3-5-6(11)4-15-9(8(5)14)10(12)13/h4,10H,2-3H2,1H3. The van der Waals surface area contributed by atoms with E-state index in [2.05, 4.69) is 4.98 Å². The Hall–Kier alpha value is -0.500. The molecule has 7 heteroatoms. The highest BCUT2D eigenvalue weighted by Crippen LogP contribution is 2.29. The first kappa shape index (κ1) is 14.6. The molecular weight excluding hydrogens is 366 g/mol. The Bertz CT molecular complexity index is 429. The summed E-state index contributed by atoms with van der Waals surface area (Å²) in [4.78, 5) is 14.9. The molecule has 94 valence electrons. The number of pyridine rings is 1. The summed E-state index contributed by atoms with van der Waals surface area (Å²) in [5, 5.41) is 0.187. The monoisotopic (exact) mass is 375 g/mol. The molecule has 1 heterocycles. The summed E-state index contributed by atoms with van der Waals surface area (Å²) in [6.45, 7) is 1.90. The summed E-state index contributed by atoms with van der Waals surface area (Å²) in [6, 6.07) is 0. The van der Waals surface area contributed by atoms with Gasteiger partial charge in [-0.1, -0.05) is 11.6 Å². The maximum absolute atomic E-state index is 12.6. The van der Waals surface area contributed by atoms with Gasteiger partial charge in [0, 0.05) is 9.77 Å². The highest BCUT2D eigenvalue weighted by atomic mass is 127. The van der Waals surface area contributed by atoms with Gasteiger partial charge in [-0.15, -0.1) is 0 Å². The van der Waals surface area contributed by atoms with Crippen molar-refractivity contribution in [1.29, 1.82) is 0 Å². The van der Waals surface area contributed by atoms with Crippen molar-refractivity contribution >= 4 is 40.2 Å². The van der Waals surface area contributed by atoms with E-state index < -0.39 is 12.4 Å². The number of esters is 1. The molecule has 0 unspecified atom stereocenters. The van der Waals surface area contributed by atoms with Crippen molar-refractivity contribution in [2.75, 3.05) is 6.61 Å². The lowest BCUT2D eigenvalue weighted by Crippen LogP contribution is -2.11. The van der Waals surface area contributed by atoms with Gasteiger partial charge in [0.15, 0.2) is 0 Å². The number of aromatic nitrogens is 1. The first-order chi connectivity index (χ1) is 7.97.